The summed E-state index contributed by atoms with van der Waals surface area (Å²) in [5, 5.41) is 9.33. The number of aliphatic hydroxyl groups excluding tert-OH is 1. The number of benzene rings is 1. The fourth-order valence-electron chi connectivity index (χ4n) is 2.28. The average Bonchev–Trinajstić information content (AvgIpc) is 2.36. The van der Waals surface area contributed by atoms with E-state index in [1.807, 2.05) is 19.1 Å². The Morgan fingerprint density at radius 1 is 1.18 bits per heavy atom. The highest BCUT2D eigenvalue weighted by Gasteiger charge is 2.23. The van der Waals surface area contributed by atoms with Gasteiger partial charge in [-0.15, -0.1) is 0 Å². The van der Waals surface area contributed by atoms with Crippen LogP contribution in [0.5, 0.6) is 11.5 Å². The van der Waals surface area contributed by atoms with E-state index in [9.17, 15) is 5.11 Å². The zero-order valence-electron chi connectivity index (χ0n) is 10.7. The Labute approximate surface area is 102 Å². The monoisotopic (exact) mass is 236 g/mol. The van der Waals surface area contributed by atoms with Crippen molar-refractivity contribution >= 4 is 0 Å². The zero-order chi connectivity index (χ0) is 12.4. The number of aliphatic hydroxyl groups is 1. The van der Waals surface area contributed by atoms with Gasteiger partial charge in [0.15, 0.2) is 11.5 Å². The fourth-order valence-corrected chi connectivity index (χ4v) is 2.28. The third-order valence-electron chi connectivity index (χ3n) is 3.16. The molecule has 1 aromatic carbocycles. The molecule has 1 atom stereocenters. The van der Waals surface area contributed by atoms with Gasteiger partial charge in [-0.1, -0.05) is 26.8 Å². The van der Waals surface area contributed by atoms with Crippen LogP contribution in [0.2, 0.25) is 0 Å². The van der Waals surface area contributed by atoms with Gasteiger partial charge in [0, 0.05) is 18.1 Å². The van der Waals surface area contributed by atoms with Gasteiger partial charge in [-0.25, -0.2) is 0 Å². The molecule has 0 saturated carbocycles. The highest BCUT2D eigenvalue weighted by Crippen LogP contribution is 2.42. The first kappa shape index (κ1) is 12.2. The van der Waals surface area contributed by atoms with Gasteiger partial charge in [0.25, 0.3) is 0 Å². The third-order valence-corrected chi connectivity index (χ3v) is 3.16. The largest absolute Gasteiger partial charge is 0.486 e. The molecule has 0 saturated heterocycles. The van der Waals surface area contributed by atoms with Gasteiger partial charge < -0.3 is 14.6 Å². The van der Waals surface area contributed by atoms with E-state index in [4.69, 9.17) is 9.47 Å². The predicted molar refractivity (Wildman–Crippen MR) is 67.0 cm³/mol. The Balaban J connectivity index is 2.53. The van der Waals surface area contributed by atoms with Crippen LogP contribution in [-0.4, -0.2) is 24.9 Å². The molecular formula is C14H20O3. The summed E-state index contributed by atoms with van der Waals surface area (Å²) in [5.41, 5.74) is 2.33. The van der Waals surface area contributed by atoms with Crippen LogP contribution in [0.25, 0.3) is 0 Å². The summed E-state index contributed by atoms with van der Waals surface area (Å²) in [4.78, 5) is 0. The minimum atomic E-state index is 0.128. The standard InChI is InChI=1S/C14H20O3/c1-9(2)13-11(10(3)8-15)4-5-12-14(13)17-7-6-16-12/h4-5,9-10,15H,6-8H2,1-3H3. The summed E-state index contributed by atoms with van der Waals surface area (Å²) < 4.78 is 11.3. The van der Waals surface area contributed by atoms with Crippen LogP contribution in [-0.2, 0) is 0 Å². The molecule has 17 heavy (non-hydrogen) atoms. The first-order valence-corrected chi connectivity index (χ1v) is 6.18. The predicted octanol–water partition coefficient (Wildman–Crippen LogP) is 2.68. The van der Waals surface area contributed by atoms with Crippen LogP contribution < -0.4 is 9.47 Å². The molecule has 0 radical (unpaired) electrons. The second-order valence-corrected chi connectivity index (χ2v) is 4.83. The SMILES string of the molecule is CC(C)c1c(C(C)CO)ccc2c1OCCO2. The van der Waals surface area contributed by atoms with E-state index in [2.05, 4.69) is 13.8 Å². The summed E-state index contributed by atoms with van der Waals surface area (Å²) in [7, 11) is 0. The topological polar surface area (TPSA) is 38.7 Å². The molecule has 1 unspecified atom stereocenters. The molecule has 0 bridgehead atoms. The molecule has 1 N–H and O–H groups in total. The summed E-state index contributed by atoms with van der Waals surface area (Å²) in [6, 6.07) is 3.99. The van der Waals surface area contributed by atoms with Gasteiger partial charge in [0.2, 0.25) is 0 Å². The molecule has 0 fully saturated rings. The summed E-state index contributed by atoms with van der Waals surface area (Å²) >= 11 is 0. The van der Waals surface area contributed by atoms with E-state index in [0.29, 0.717) is 19.1 Å². The lowest BCUT2D eigenvalue weighted by Gasteiger charge is -2.26. The number of fused-ring (bicyclic) bond motifs is 1. The molecule has 0 aliphatic carbocycles. The first-order valence-electron chi connectivity index (χ1n) is 6.18. The summed E-state index contributed by atoms with van der Waals surface area (Å²) in [6.45, 7) is 7.67. The van der Waals surface area contributed by atoms with Crippen molar-refractivity contribution in [1.82, 2.24) is 0 Å². The van der Waals surface area contributed by atoms with Crippen LogP contribution >= 0.6 is 0 Å². The molecule has 2 rings (SSSR count). The van der Waals surface area contributed by atoms with Gasteiger partial charge in [-0.2, -0.15) is 0 Å². The molecule has 0 aromatic heterocycles. The van der Waals surface area contributed by atoms with Crippen molar-refractivity contribution in [3.8, 4) is 11.5 Å². The molecule has 0 amide bonds. The van der Waals surface area contributed by atoms with E-state index < -0.39 is 0 Å². The van der Waals surface area contributed by atoms with E-state index in [1.54, 1.807) is 0 Å². The van der Waals surface area contributed by atoms with Crippen molar-refractivity contribution < 1.29 is 14.6 Å². The average molecular weight is 236 g/mol. The Kier molecular flexibility index (Phi) is 3.57. The lowest BCUT2D eigenvalue weighted by Crippen LogP contribution is -2.18. The lowest BCUT2D eigenvalue weighted by molar-refractivity contribution is 0.169. The zero-order valence-corrected chi connectivity index (χ0v) is 10.7. The van der Waals surface area contributed by atoms with Crippen LogP contribution in [0.15, 0.2) is 12.1 Å². The van der Waals surface area contributed by atoms with Crippen LogP contribution in [0, 0.1) is 0 Å². The molecule has 1 heterocycles. The fraction of sp³-hybridized carbons (Fsp3) is 0.571. The number of rotatable bonds is 3. The molecular weight excluding hydrogens is 216 g/mol. The van der Waals surface area contributed by atoms with Crippen molar-refractivity contribution in [2.75, 3.05) is 19.8 Å². The van der Waals surface area contributed by atoms with E-state index >= 15 is 0 Å². The number of ether oxygens (including phenoxy) is 2. The van der Waals surface area contributed by atoms with Crippen LogP contribution in [0.3, 0.4) is 0 Å². The summed E-state index contributed by atoms with van der Waals surface area (Å²) in [5.74, 6) is 2.18. The molecule has 3 nitrogen and oxygen atoms in total. The molecule has 1 aromatic rings. The van der Waals surface area contributed by atoms with E-state index in [-0.39, 0.29) is 12.5 Å². The van der Waals surface area contributed by atoms with E-state index in [0.717, 1.165) is 17.1 Å². The minimum absolute atomic E-state index is 0.128. The first-order chi connectivity index (χ1) is 8.15. The molecule has 94 valence electrons. The third kappa shape index (κ3) is 2.25. The van der Waals surface area contributed by atoms with Crippen molar-refractivity contribution in [3.05, 3.63) is 23.3 Å². The molecule has 0 spiro atoms. The molecule has 3 heteroatoms. The second kappa shape index (κ2) is 4.96. The minimum Gasteiger partial charge on any atom is -0.486 e. The highest BCUT2D eigenvalue weighted by atomic mass is 16.6. The van der Waals surface area contributed by atoms with Crippen molar-refractivity contribution in [2.24, 2.45) is 0 Å². The van der Waals surface area contributed by atoms with Gasteiger partial charge in [-0.3, -0.25) is 0 Å². The van der Waals surface area contributed by atoms with Gasteiger partial charge in [0.1, 0.15) is 13.2 Å². The Hall–Kier alpha value is -1.22. The maximum Gasteiger partial charge on any atom is 0.165 e. The van der Waals surface area contributed by atoms with Crippen molar-refractivity contribution in [2.45, 2.75) is 32.6 Å². The van der Waals surface area contributed by atoms with Gasteiger partial charge in [0.05, 0.1) is 0 Å². The highest BCUT2D eigenvalue weighted by molar-refractivity contribution is 5.53. The van der Waals surface area contributed by atoms with Crippen molar-refractivity contribution in [3.63, 3.8) is 0 Å². The van der Waals surface area contributed by atoms with Crippen LogP contribution in [0.1, 0.15) is 43.7 Å². The normalized spacial score (nSPS) is 16.1. The molecule has 1 aliphatic heterocycles. The van der Waals surface area contributed by atoms with Crippen LogP contribution in [0.4, 0.5) is 0 Å². The quantitative estimate of drug-likeness (QED) is 0.877. The van der Waals surface area contributed by atoms with Gasteiger partial charge in [-0.05, 0) is 17.5 Å². The summed E-state index contributed by atoms with van der Waals surface area (Å²) in [6.07, 6.45) is 0. The maximum absolute atomic E-state index is 9.33. The Morgan fingerprint density at radius 2 is 1.88 bits per heavy atom. The smallest absolute Gasteiger partial charge is 0.165 e. The van der Waals surface area contributed by atoms with E-state index in [1.165, 1.54) is 5.56 Å². The molecule has 1 aliphatic rings. The number of hydrogen-bond acceptors (Lipinski definition) is 3. The maximum atomic E-state index is 9.33. The Morgan fingerprint density at radius 3 is 2.53 bits per heavy atom. The van der Waals surface area contributed by atoms with Gasteiger partial charge >= 0.3 is 0 Å². The van der Waals surface area contributed by atoms with Crippen molar-refractivity contribution in [1.29, 1.82) is 0 Å². The Bertz CT molecular complexity index is 399. The number of hydrogen-bond donors (Lipinski definition) is 1. The second-order valence-electron chi connectivity index (χ2n) is 4.83. The lowest BCUT2D eigenvalue weighted by atomic mass is 9.89.